The molecule has 0 aliphatic heterocycles. The second-order valence-corrected chi connectivity index (χ2v) is 6.65. The van der Waals surface area contributed by atoms with Crippen molar-refractivity contribution in [3.63, 3.8) is 0 Å². The molecular formula is C15H14FN3OS. The lowest BCUT2D eigenvalue weighted by molar-refractivity contribution is 0.229. The van der Waals surface area contributed by atoms with Crippen LogP contribution < -0.4 is 5.73 Å². The van der Waals surface area contributed by atoms with Gasteiger partial charge in [0, 0.05) is 10.1 Å². The average Bonchev–Trinajstić information content (AvgIpc) is 3.02. The molecule has 4 nitrogen and oxygen atoms in total. The molecule has 0 radical (unpaired) electrons. The van der Waals surface area contributed by atoms with E-state index in [4.69, 9.17) is 10.3 Å². The van der Waals surface area contributed by atoms with Crippen LogP contribution in [-0.2, 0) is 5.54 Å². The quantitative estimate of drug-likeness (QED) is 0.783. The number of benzene rings is 1. The van der Waals surface area contributed by atoms with E-state index in [0.29, 0.717) is 17.1 Å². The van der Waals surface area contributed by atoms with Gasteiger partial charge in [-0.15, -0.1) is 11.3 Å². The topological polar surface area (TPSA) is 64.9 Å². The minimum Gasteiger partial charge on any atom is -0.333 e. The fourth-order valence-electron chi connectivity index (χ4n) is 2.76. The summed E-state index contributed by atoms with van der Waals surface area (Å²) in [7, 11) is 0. The molecule has 1 aromatic carbocycles. The first-order valence-corrected chi connectivity index (χ1v) is 7.71. The van der Waals surface area contributed by atoms with Crippen LogP contribution in [0.3, 0.4) is 0 Å². The van der Waals surface area contributed by atoms with E-state index in [1.54, 1.807) is 6.07 Å². The molecule has 2 heterocycles. The van der Waals surface area contributed by atoms with Crippen molar-refractivity contribution >= 4 is 21.4 Å². The van der Waals surface area contributed by atoms with Gasteiger partial charge in [0.25, 0.3) is 5.89 Å². The van der Waals surface area contributed by atoms with E-state index in [1.807, 2.05) is 13.0 Å². The number of aryl methyl sites for hydroxylation is 1. The van der Waals surface area contributed by atoms with Gasteiger partial charge in [-0.2, -0.15) is 4.98 Å². The molecule has 6 heteroatoms. The average molecular weight is 303 g/mol. The van der Waals surface area contributed by atoms with Crippen molar-refractivity contribution < 1.29 is 8.91 Å². The molecule has 2 N–H and O–H groups in total. The van der Waals surface area contributed by atoms with Crippen molar-refractivity contribution in [3.05, 3.63) is 35.4 Å². The van der Waals surface area contributed by atoms with Gasteiger partial charge >= 0.3 is 0 Å². The molecule has 0 spiro atoms. The van der Waals surface area contributed by atoms with Gasteiger partial charge in [-0.25, -0.2) is 4.39 Å². The largest absolute Gasteiger partial charge is 0.333 e. The number of thiophene rings is 1. The maximum atomic E-state index is 14.0. The monoisotopic (exact) mass is 303 g/mol. The lowest BCUT2D eigenvalue weighted by atomic mass is 9.77. The van der Waals surface area contributed by atoms with Crippen LogP contribution in [0.15, 0.2) is 22.7 Å². The summed E-state index contributed by atoms with van der Waals surface area (Å²) in [5.74, 6) is 0.766. The van der Waals surface area contributed by atoms with Gasteiger partial charge in [-0.1, -0.05) is 11.2 Å². The second-order valence-electron chi connectivity index (χ2n) is 5.60. The zero-order valence-electron chi connectivity index (χ0n) is 11.5. The van der Waals surface area contributed by atoms with Crippen LogP contribution in [0, 0.1) is 12.7 Å². The van der Waals surface area contributed by atoms with E-state index < -0.39 is 5.54 Å². The van der Waals surface area contributed by atoms with E-state index in [-0.39, 0.29) is 5.82 Å². The van der Waals surface area contributed by atoms with Gasteiger partial charge in [0.15, 0.2) is 5.82 Å². The number of nitrogens with zero attached hydrogens (tertiary/aromatic N) is 2. The first-order valence-electron chi connectivity index (χ1n) is 6.89. The number of hydrogen-bond donors (Lipinski definition) is 1. The molecule has 0 unspecified atom stereocenters. The summed E-state index contributed by atoms with van der Waals surface area (Å²) in [6, 6.07) is 5.07. The van der Waals surface area contributed by atoms with Crippen molar-refractivity contribution in [2.24, 2.45) is 5.73 Å². The highest BCUT2D eigenvalue weighted by Crippen LogP contribution is 2.41. The van der Waals surface area contributed by atoms with Gasteiger partial charge < -0.3 is 10.3 Å². The SMILES string of the molecule is Cc1c(-c2nc(C3(N)CCC3)no2)sc2cccc(F)c12. The summed E-state index contributed by atoms with van der Waals surface area (Å²) in [5, 5.41) is 4.65. The van der Waals surface area contributed by atoms with Gasteiger partial charge in [-0.3, -0.25) is 0 Å². The van der Waals surface area contributed by atoms with Crippen LogP contribution in [0.25, 0.3) is 20.9 Å². The van der Waals surface area contributed by atoms with Crippen LogP contribution in [0.2, 0.25) is 0 Å². The lowest BCUT2D eigenvalue weighted by Gasteiger charge is -2.34. The molecule has 0 bridgehead atoms. The molecule has 1 aliphatic rings. The Hall–Kier alpha value is -1.79. The smallest absolute Gasteiger partial charge is 0.268 e. The van der Waals surface area contributed by atoms with Crippen LogP contribution >= 0.6 is 11.3 Å². The number of aromatic nitrogens is 2. The fourth-order valence-corrected chi connectivity index (χ4v) is 3.90. The summed E-state index contributed by atoms with van der Waals surface area (Å²) in [4.78, 5) is 5.26. The molecule has 108 valence electrons. The molecule has 0 atom stereocenters. The first kappa shape index (κ1) is 12.9. The highest BCUT2D eigenvalue weighted by atomic mass is 32.1. The summed E-state index contributed by atoms with van der Waals surface area (Å²) in [5.41, 5.74) is 6.60. The fraction of sp³-hybridized carbons (Fsp3) is 0.333. The molecule has 3 aromatic rings. The Morgan fingerprint density at radius 1 is 1.38 bits per heavy atom. The Labute approximate surface area is 124 Å². The van der Waals surface area contributed by atoms with E-state index in [0.717, 1.165) is 34.4 Å². The first-order chi connectivity index (χ1) is 10.1. The number of nitrogens with two attached hydrogens (primary N) is 1. The molecule has 1 fully saturated rings. The number of fused-ring (bicyclic) bond motifs is 1. The van der Waals surface area contributed by atoms with Crippen LogP contribution in [0.5, 0.6) is 0 Å². The minimum absolute atomic E-state index is 0.221. The molecule has 2 aromatic heterocycles. The normalized spacial score (nSPS) is 17.1. The highest BCUT2D eigenvalue weighted by molar-refractivity contribution is 7.22. The zero-order valence-corrected chi connectivity index (χ0v) is 12.3. The van der Waals surface area contributed by atoms with E-state index in [1.165, 1.54) is 17.4 Å². The second kappa shape index (κ2) is 4.35. The highest BCUT2D eigenvalue weighted by Gasteiger charge is 2.39. The summed E-state index contributed by atoms with van der Waals surface area (Å²) >= 11 is 1.46. The Kier molecular flexibility index (Phi) is 2.68. The summed E-state index contributed by atoms with van der Waals surface area (Å²) in [6.45, 7) is 1.88. The number of halogens is 1. The Balaban J connectivity index is 1.84. The van der Waals surface area contributed by atoms with Crippen molar-refractivity contribution in [2.75, 3.05) is 0 Å². The van der Waals surface area contributed by atoms with Crippen LogP contribution in [-0.4, -0.2) is 10.1 Å². The van der Waals surface area contributed by atoms with Gasteiger partial charge in [0.1, 0.15) is 5.82 Å². The third kappa shape index (κ3) is 1.82. The van der Waals surface area contributed by atoms with Gasteiger partial charge in [0.2, 0.25) is 0 Å². The maximum Gasteiger partial charge on any atom is 0.268 e. The zero-order chi connectivity index (χ0) is 14.6. The van der Waals surface area contributed by atoms with Crippen molar-refractivity contribution in [1.82, 2.24) is 10.1 Å². The molecule has 21 heavy (non-hydrogen) atoms. The Morgan fingerprint density at radius 3 is 2.86 bits per heavy atom. The predicted octanol–water partition coefficient (Wildman–Crippen LogP) is 3.74. The van der Waals surface area contributed by atoms with Crippen molar-refractivity contribution in [2.45, 2.75) is 31.7 Å². The Bertz CT molecular complexity index is 835. The van der Waals surface area contributed by atoms with Gasteiger partial charge in [-0.05, 0) is 43.9 Å². The van der Waals surface area contributed by atoms with E-state index in [9.17, 15) is 4.39 Å². The third-order valence-corrected chi connectivity index (χ3v) is 5.46. The van der Waals surface area contributed by atoms with Crippen molar-refractivity contribution in [1.29, 1.82) is 0 Å². The van der Waals surface area contributed by atoms with Crippen LogP contribution in [0.1, 0.15) is 30.7 Å². The van der Waals surface area contributed by atoms with E-state index in [2.05, 4.69) is 10.1 Å². The van der Waals surface area contributed by atoms with Gasteiger partial charge in [0.05, 0.1) is 10.4 Å². The standard InChI is InChI=1S/C15H14FN3OS/c1-8-11-9(16)4-2-5-10(11)21-12(8)13-18-14(19-20-13)15(17)6-3-7-15/h2,4-5H,3,6-7,17H2,1H3. The summed E-state index contributed by atoms with van der Waals surface area (Å²) < 4.78 is 20.2. The lowest BCUT2D eigenvalue weighted by Crippen LogP contribution is -2.44. The number of hydrogen-bond acceptors (Lipinski definition) is 5. The molecule has 4 rings (SSSR count). The molecule has 1 saturated carbocycles. The Morgan fingerprint density at radius 2 is 2.19 bits per heavy atom. The summed E-state index contributed by atoms with van der Waals surface area (Å²) in [6.07, 6.45) is 2.85. The van der Waals surface area contributed by atoms with Crippen LogP contribution in [0.4, 0.5) is 4.39 Å². The molecule has 1 aliphatic carbocycles. The number of rotatable bonds is 2. The van der Waals surface area contributed by atoms with E-state index >= 15 is 0 Å². The molecule has 0 amide bonds. The predicted molar refractivity (Wildman–Crippen MR) is 79.5 cm³/mol. The molecule has 0 saturated heterocycles. The third-order valence-electron chi connectivity index (χ3n) is 4.21. The minimum atomic E-state index is -0.447. The molecular weight excluding hydrogens is 289 g/mol. The maximum absolute atomic E-state index is 14.0. The van der Waals surface area contributed by atoms with Crippen molar-refractivity contribution in [3.8, 4) is 10.8 Å².